The lowest BCUT2D eigenvalue weighted by molar-refractivity contribution is 0.0528. The van der Waals surface area contributed by atoms with Crippen LogP contribution >= 0.6 is 0 Å². The summed E-state index contributed by atoms with van der Waals surface area (Å²) >= 11 is 0. The number of likely N-dealkylation sites (tertiary alicyclic amines) is 1. The van der Waals surface area contributed by atoms with Crippen LogP contribution in [0.15, 0.2) is 40.8 Å². The zero-order valence-electron chi connectivity index (χ0n) is 17.6. The highest BCUT2D eigenvalue weighted by Crippen LogP contribution is 2.38. The van der Waals surface area contributed by atoms with Gasteiger partial charge in [0.1, 0.15) is 28.5 Å². The van der Waals surface area contributed by atoms with Gasteiger partial charge in [-0.15, -0.1) is 0 Å². The summed E-state index contributed by atoms with van der Waals surface area (Å²) in [6, 6.07) is 8.91. The molecule has 2 aromatic carbocycles. The third-order valence-electron chi connectivity index (χ3n) is 5.47. The molecule has 162 valence electrons. The molecule has 0 atom stereocenters. The largest absolute Gasteiger partial charge is 0.496 e. The number of fused-ring (bicyclic) bond motifs is 1. The average Bonchev–Trinajstić information content (AvgIpc) is 3.17. The van der Waals surface area contributed by atoms with Gasteiger partial charge in [0, 0.05) is 24.0 Å². The van der Waals surface area contributed by atoms with E-state index >= 15 is 0 Å². The Hall–Kier alpha value is -3.35. The van der Waals surface area contributed by atoms with Gasteiger partial charge in [-0.05, 0) is 62.6 Å². The smallest absolute Gasteiger partial charge is 0.342 e. The molecule has 1 fully saturated rings. The minimum absolute atomic E-state index is 0.129. The fraction of sp³-hybridized carbons (Fsp3) is 0.333. The van der Waals surface area contributed by atoms with E-state index in [9.17, 15) is 14.0 Å². The molecule has 31 heavy (non-hydrogen) atoms. The second-order valence-electron chi connectivity index (χ2n) is 7.44. The van der Waals surface area contributed by atoms with Crippen molar-refractivity contribution in [3.8, 4) is 17.1 Å². The molecule has 4 rings (SSSR count). The number of halogens is 1. The molecule has 1 aliphatic rings. The van der Waals surface area contributed by atoms with E-state index in [1.165, 1.54) is 31.4 Å². The molecule has 1 saturated heterocycles. The van der Waals surface area contributed by atoms with Gasteiger partial charge in [0.2, 0.25) is 0 Å². The van der Waals surface area contributed by atoms with Crippen molar-refractivity contribution in [3.63, 3.8) is 0 Å². The molecular formula is C24H24FNO5. The minimum atomic E-state index is -0.558. The number of methoxy groups -OCH3 is 1. The van der Waals surface area contributed by atoms with Crippen molar-refractivity contribution in [2.45, 2.75) is 26.2 Å². The molecule has 0 N–H and O–H groups in total. The van der Waals surface area contributed by atoms with Gasteiger partial charge in [0.25, 0.3) is 5.91 Å². The van der Waals surface area contributed by atoms with E-state index in [0.717, 1.165) is 19.3 Å². The van der Waals surface area contributed by atoms with Crippen LogP contribution in [-0.4, -0.2) is 43.6 Å². The molecule has 0 radical (unpaired) electrons. The number of carbonyl (C=O) groups is 2. The van der Waals surface area contributed by atoms with Gasteiger partial charge in [0.05, 0.1) is 19.3 Å². The van der Waals surface area contributed by atoms with Gasteiger partial charge in [0.15, 0.2) is 0 Å². The molecule has 1 aromatic heterocycles. The maximum absolute atomic E-state index is 13.4. The van der Waals surface area contributed by atoms with E-state index in [4.69, 9.17) is 13.9 Å². The predicted octanol–water partition coefficient (Wildman–Crippen LogP) is 5.05. The van der Waals surface area contributed by atoms with Crippen molar-refractivity contribution in [1.82, 2.24) is 4.90 Å². The number of hydrogen-bond donors (Lipinski definition) is 0. The summed E-state index contributed by atoms with van der Waals surface area (Å²) in [6.07, 6.45) is 3.06. The van der Waals surface area contributed by atoms with Crippen molar-refractivity contribution in [2.75, 3.05) is 26.8 Å². The SMILES string of the molecule is CCOC(=O)c1c(-c2ccc(F)cc2)oc2cc(C(=O)N3CCCCC3)c(OC)cc12. The van der Waals surface area contributed by atoms with Gasteiger partial charge in [-0.2, -0.15) is 0 Å². The number of furan rings is 1. The van der Waals surface area contributed by atoms with E-state index < -0.39 is 11.8 Å². The lowest BCUT2D eigenvalue weighted by Gasteiger charge is -2.27. The monoisotopic (exact) mass is 425 g/mol. The summed E-state index contributed by atoms with van der Waals surface area (Å²) in [6.45, 7) is 3.31. The van der Waals surface area contributed by atoms with Gasteiger partial charge >= 0.3 is 5.97 Å². The Balaban J connectivity index is 1.88. The highest BCUT2D eigenvalue weighted by Gasteiger charge is 2.28. The second-order valence-corrected chi connectivity index (χ2v) is 7.44. The Kier molecular flexibility index (Phi) is 5.93. The molecule has 0 saturated carbocycles. The third-order valence-corrected chi connectivity index (χ3v) is 5.47. The molecule has 0 spiro atoms. The lowest BCUT2D eigenvalue weighted by Crippen LogP contribution is -2.35. The average molecular weight is 425 g/mol. The molecule has 2 heterocycles. The number of benzene rings is 2. The Bertz CT molecular complexity index is 1110. The number of ether oxygens (including phenoxy) is 2. The zero-order valence-corrected chi connectivity index (χ0v) is 17.6. The van der Waals surface area contributed by atoms with Crippen LogP contribution in [0.25, 0.3) is 22.3 Å². The second kappa shape index (κ2) is 8.79. The molecule has 1 aliphatic heterocycles. The first-order valence-corrected chi connectivity index (χ1v) is 10.4. The van der Waals surface area contributed by atoms with Crippen LogP contribution in [0.2, 0.25) is 0 Å². The number of carbonyl (C=O) groups excluding carboxylic acids is 2. The first-order chi connectivity index (χ1) is 15.0. The first kappa shape index (κ1) is 20.9. The number of rotatable bonds is 5. The number of amides is 1. The topological polar surface area (TPSA) is 69.0 Å². The molecule has 1 amide bonds. The van der Waals surface area contributed by atoms with Crippen LogP contribution in [-0.2, 0) is 4.74 Å². The van der Waals surface area contributed by atoms with Crippen molar-refractivity contribution in [3.05, 3.63) is 53.3 Å². The number of esters is 1. The van der Waals surface area contributed by atoms with Crippen molar-refractivity contribution < 1.29 is 27.9 Å². The summed E-state index contributed by atoms with van der Waals surface area (Å²) in [4.78, 5) is 27.7. The van der Waals surface area contributed by atoms with Gasteiger partial charge in [-0.3, -0.25) is 4.79 Å². The van der Waals surface area contributed by atoms with Crippen molar-refractivity contribution in [1.29, 1.82) is 0 Å². The molecule has 7 heteroatoms. The van der Waals surface area contributed by atoms with E-state index in [0.29, 0.717) is 40.9 Å². The molecule has 0 unspecified atom stereocenters. The summed E-state index contributed by atoms with van der Waals surface area (Å²) in [7, 11) is 1.49. The van der Waals surface area contributed by atoms with Crippen LogP contribution in [0.3, 0.4) is 0 Å². The van der Waals surface area contributed by atoms with Gasteiger partial charge < -0.3 is 18.8 Å². The van der Waals surface area contributed by atoms with E-state index in [-0.39, 0.29) is 23.8 Å². The highest BCUT2D eigenvalue weighted by atomic mass is 19.1. The first-order valence-electron chi connectivity index (χ1n) is 10.4. The molecule has 3 aromatic rings. The van der Waals surface area contributed by atoms with Gasteiger partial charge in [-0.25, -0.2) is 9.18 Å². The summed E-state index contributed by atoms with van der Waals surface area (Å²) in [5, 5.41) is 0.477. The Morgan fingerprint density at radius 2 is 1.81 bits per heavy atom. The van der Waals surface area contributed by atoms with Crippen LogP contribution in [0.5, 0.6) is 5.75 Å². The van der Waals surface area contributed by atoms with Crippen LogP contribution < -0.4 is 4.74 Å². The van der Waals surface area contributed by atoms with Crippen LogP contribution in [0.1, 0.15) is 46.9 Å². The summed E-state index contributed by atoms with van der Waals surface area (Å²) in [5.41, 5.74) is 1.50. The van der Waals surface area contributed by atoms with Crippen LogP contribution in [0, 0.1) is 5.82 Å². The summed E-state index contributed by atoms with van der Waals surface area (Å²) < 4.78 is 30.2. The van der Waals surface area contributed by atoms with E-state index in [1.54, 1.807) is 19.1 Å². The maximum atomic E-state index is 13.4. The molecule has 0 bridgehead atoms. The number of hydrogen-bond acceptors (Lipinski definition) is 5. The fourth-order valence-electron chi connectivity index (χ4n) is 3.94. The predicted molar refractivity (Wildman–Crippen MR) is 114 cm³/mol. The Morgan fingerprint density at radius 3 is 2.45 bits per heavy atom. The normalized spacial score (nSPS) is 14.0. The number of nitrogens with zero attached hydrogens (tertiary/aromatic N) is 1. The van der Waals surface area contributed by atoms with Crippen LogP contribution in [0.4, 0.5) is 4.39 Å². The zero-order chi connectivity index (χ0) is 22.0. The number of piperidine rings is 1. The van der Waals surface area contributed by atoms with Crippen molar-refractivity contribution >= 4 is 22.8 Å². The highest BCUT2D eigenvalue weighted by molar-refractivity contribution is 6.11. The minimum Gasteiger partial charge on any atom is -0.496 e. The maximum Gasteiger partial charge on any atom is 0.342 e. The molecular weight excluding hydrogens is 401 g/mol. The standard InChI is InChI=1S/C24H24FNO5/c1-3-30-24(28)21-17-13-19(29-2)18(23(27)26-11-5-4-6-12-26)14-20(17)31-22(21)15-7-9-16(25)10-8-15/h7-10,13-14H,3-6,11-12H2,1-2H3. The van der Waals surface area contributed by atoms with Gasteiger partial charge in [-0.1, -0.05) is 0 Å². The molecule has 6 nitrogen and oxygen atoms in total. The Morgan fingerprint density at radius 1 is 1.10 bits per heavy atom. The fourth-order valence-corrected chi connectivity index (χ4v) is 3.94. The third kappa shape index (κ3) is 4.00. The van der Waals surface area contributed by atoms with Crippen molar-refractivity contribution in [2.24, 2.45) is 0 Å². The Labute approximate surface area is 179 Å². The molecule has 0 aliphatic carbocycles. The van der Waals surface area contributed by atoms with E-state index in [2.05, 4.69) is 0 Å². The lowest BCUT2D eigenvalue weighted by atomic mass is 10.0. The summed E-state index contributed by atoms with van der Waals surface area (Å²) in [5.74, 6) is -0.458. The quantitative estimate of drug-likeness (QED) is 0.535. The van der Waals surface area contributed by atoms with E-state index in [1.807, 2.05) is 4.90 Å².